The Bertz CT molecular complexity index is 676. The molecule has 2 amide bonds. The molecule has 0 aromatic heterocycles. The van der Waals surface area contributed by atoms with E-state index in [2.05, 4.69) is 24.5 Å². The molecule has 1 aliphatic rings. The number of methoxy groups -OCH3 is 1. The van der Waals surface area contributed by atoms with Crippen LogP contribution in [0, 0.1) is 11.8 Å². The van der Waals surface area contributed by atoms with Gasteiger partial charge in [0, 0.05) is 6.04 Å². The number of hydrogen-bond donors (Lipinski definition) is 2. The SMILES string of the molecule is COc1ccccc1C(=O)NCC(=O)OCC(=O)N[C@H]1CCC[C@H](C)[C@H]1C. The second-order valence-electron chi connectivity index (χ2n) is 6.98. The summed E-state index contributed by atoms with van der Waals surface area (Å²) in [5, 5.41) is 5.41. The van der Waals surface area contributed by atoms with Crippen molar-refractivity contribution in [3.8, 4) is 5.75 Å². The normalized spacial score (nSPS) is 21.8. The van der Waals surface area contributed by atoms with E-state index >= 15 is 0 Å². The third-order valence-corrected chi connectivity index (χ3v) is 5.16. The monoisotopic (exact) mass is 376 g/mol. The Morgan fingerprint density at radius 2 is 1.89 bits per heavy atom. The predicted molar refractivity (Wildman–Crippen MR) is 100 cm³/mol. The van der Waals surface area contributed by atoms with Crippen molar-refractivity contribution in [2.24, 2.45) is 11.8 Å². The first-order valence-electron chi connectivity index (χ1n) is 9.28. The van der Waals surface area contributed by atoms with E-state index in [4.69, 9.17) is 9.47 Å². The van der Waals surface area contributed by atoms with Crippen LogP contribution >= 0.6 is 0 Å². The van der Waals surface area contributed by atoms with Crippen molar-refractivity contribution in [2.75, 3.05) is 20.3 Å². The van der Waals surface area contributed by atoms with Gasteiger partial charge in [-0.3, -0.25) is 14.4 Å². The lowest BCUT2D eigenvalue weighted by Gasteiger charge is -2.34. The number of para-hydroxylation sites is 1. The van der Waals surface area contributed by atoms with Gasteiger partial charge >= 0.3 is 5.97 Å². The van der Waals surface area contributed by atoms with Gasteiger partial charge in [-0.15, -0.1) is 0 Å². The maximum Gasteiger partial charge on any atom is 0.325 e. The predicted octanol–water partition coefficient (Wildman–Crippen LogP) is 1.91. The molecule has 1 saturated carbocycles. The molecule has 0 radical (unpaired) electrons. The summed E-state index contributed by atoms with van der Waals surface area (Å²) in [6.45, 7) is 3.66. The highest BCUT2D eigenvalue weighted by atomic mass is 16.5. The van der Waals surface area contributed by atoms with Gasteiger partial charge in [0.05, 0.1) is 12.7 Å². The average molecular weight is 376 g/mol. The Morgan fingerprint density at radius 1 is 1.15 bits per heavy atom. The summed E-state index contributed by atoms with van der Waals surface area (Å²) in [4.78, 5) is 35.9. The summed E-state index contributed by atoms with van der Waals surface area (Å²) < 4.78 is 10.1. The van der Waals surface area contributed by atoms with Gasteiger partial charge in [0.15, 0.2) is 6.61 Å². The minimum Gasteiger partial charge on any atom is -0.496 e. The van der Waals surface area contributed by atoms with Crippen LogP contribution in [-0.4, -0.2) is 44.1 Å². The molecule has 1 aromatic rings. The molecule has 1 fully saturated rings. The zero-order valence-corrected chi connectivity index (χ0v) is 16.1. The molecule has 1 aromatic carbocycles. The van der Waals surface area contributed by atoms with Crippen LogP contribution in [0.15, 0.2) is 24.3 Å². The van der Waals surface area contributed by atoms with Crippen LogP contribution in [0.25, 0.3) is 0 Å². The smallest absolute Gasteiger partial charge is 0.325 e. The Hall–Kier alpha value is -2.57. The highest BCUT2D eigenvalue weighted by Crippen LogP contribution is 2.29. The van der Waals surface area contributed by atoms with Crippen molar-refractivity contribution in [1.29, 1.82) is 0 Å². The Labute approximate surface area is 159 Å². The van der Waals surface area contributed by atoms with Gasteiger partial charge in [0.25, 0.3) is 11.8 Å². The molecule has 2 rings (SSSR count). The van der Waals surface area contributed by atoms with Gasteiger partial charge in [-0.25, -0.2) is 0 Å². The quantitative estimate of drug-likeness (QED) is 0.709. The lowest BCUT2D eigenvalue weighted by molar-refractivity contribution is -0.147. The van der Waals surface area contributed by atoms with Gasteiger partial charge < -0.3 is 20.1 Å². The van der Waals surface area contributed by atoms with Crippen LogP contribution in [0.5, 0.6) is 5.75 Å². The summed E-state index contributed by atoms with van der Waals surface area (Å²) in [5.41, 5.74) is 0.325. The Morgan fingerprint density at radius 3 is 2.63 bits per heavy atom. The first-order chi connectivity index (χ1) is 12.9. The van der Waals surface area contributed by atoms with Crippen molar-refractivity contribution < 1.29 is 23.9 Å². The van der Waals surface area contributed by atoms with Crippen molar-refractivity contribution in [3.05, 3.63) is 29.8 Å². The summed E-state index contributed by atoms with van der Waals surface area (Å²) in [5.74, 6) is -0.0448. The van der Waals surface area contributed by atoms with Crippen LogP contribution < -0.4 is 15.4 Å². The molecule has 148 valence electrons. The van der Waals surface area contributed by atoms with E-state index < -0.39 is 11.9 Å². The van der Waals surface area contributed by atoms with Gasteiger partial charge in [0.2, 0.25) is 0 Å². The fourth-order valence-corrected chi connectivity index (χ4v) is 3.31. The lowest BCUT2D eigenvalue weighted by Crippen LogP contribution is -2.45. The van der Waals surface area contributed by atoms with E-state index in [0.29, 0.717) is 23.1 Å². The highest BCUT2D eigenvalue weighted by molar-refractivity contribution is 5.98. The van der Waals surface area contributed by atoms with Crippen molar-refractivity contribution in [3.63, 3.8) is 0 Å². The molecule has 2 N–H and O–H groups in total. The zero-order chi connectivity index (χ0) is 19.8. The molecule has 0 aliphatic heterocycles. The largest absolute Gasteiger partial charge is 0.496 e. The van der Waals surface area contributed by atoms with Gasteiger partial charge in [-0.2, -0.15) is 0 Å². The summed E-state index contributed by atoms with van der Waals surface area (Å²) in [7, 11) is 1.47. The Balaban J connectivity index is 1.72. The molecular formula is C20H28N2O5. The number of benzene rings is 1. The van der Waals surface area contributed by atoms with Crippen LogP contribution in [0.2, 0.25) is 0 Å². The molecule has 7 nitrogen and oxygen atoms in total. The molecule has 7 heteroatoms. The second kappa shape index (κ2) is 9.94. The summed E-state index contributed by atoms with van der Waals surface area (Å²) in [6.07, 6.45) is 3.21. The maximum atomic E-state index is 12.1. The third kappa shape index (κ3) is 5.98. The molecule has 0 bridgehead atoms. The molecule has 1 aliphatic carbocycles. The molecule has 0 heterocycles. The second-order valence-corrected chi connectivity index (χ2v) is 6.98. The van der Waals surface area contributed by atoms with Gasteiger partial charge in [-0.05, 0) is 30.4 Å². The third-order valence-electron chi connectivity index (χ3n) is 5.16. The number of rotatable bonds is 7. The van der Waals surface area contributed by atoms with E-state index in [1.807, 2.05) is 0 Å². The van der Waals surface area contributed by atoms with E-state index in [0.717, 1.165) is 12.8 Å². The number of amides is 2. The fraction of sp³-hybridized carbons (Fsp3) is 0.550. The number of ether oxygens (including phenoxy) is 2. The van der Waals surface area contributed by atoms with Crippen LogP contribution in [0.1, 0.15) is 43.5 Å². The number of carbonyl (C=O) groups excluding carboxylic acids is 3. The van der Waals surface area contributed by atoms with Crippen LogP contribution in [0.4, 0.5) is 0 Å². The maximum absolute atomic E-state index is 12.1. The van der Waals surface area contributed by atoms with Crippen LogP contribution in [0.3, 0.4) is 0 Å². The molecule has 0 saturated heterocycles. The van der Waals surface area contributed by atoms with E-state index in [1.54, 1.807) is 24.3 Å². The van der Waals surface area contributed by atoms with E-state index in [-0.39, 0.29) is 25.1 Å². The lowest BCUT2D eigenvalue weighted by atomic mass is 9.78. The van der Waals surface area contributed by atoms with Crippen LogP contribution in [-0.2, 0) is 14.3 Å². The van der Waals surface area contributed by atoms with Crippen molar-refractivity contribution >= 4 is 17.8 Å². The highest BCUT2D eigenvalue weighted by Gasteiger charge is 2.28. The minimum absolute atomic E-state index is 0.116. The zero-order valence-electron chi connectivity index (χ0n) is 16.1. The molecule has 27 heavy (non-hydrogen) atoms. The standard InChI is InChI=1S/C20H28N2O5/c1-13-7-6-9-16(14(13)2)22-18(23)12-27-19(24)11-21-20(25)15-8-4-5-10-17(15)26-3/h4-5,8,10,13-14,16H,6-7,9,11-12H2,1-3H3,(H,21,25)(H,22,23)/t13-,14+,16-/m0/s1. The minimum atomic E-state index is -0.668. The van der Waals surface area contributed by atoms with E-state index in [1.165, 1.54) is 13.5 Å². The van der Waals surface area contributed by atoms with Crippen molar-refractivity contribution in [1.82, 2.24) is 10.6 Å². The van der Waals surface area contributed by atoms with Crippen molar-refractivity contribution in [2.45, 2.75) is 39.2 Å². The molecule has 3 atom stereocenters. The number of esters is 1. The molecular weight excluding hydrogens is 348 g/mol. The summed E-state index contributed by atoms with van der Waals surface area (Å²) >= 11 is 0. The number of nitrogens with one attached hydrogen (secondary N) is 2. The molecule has 0 unspecified atom stereocenters. The number of hydrogen-bond acceptors (Lipinski definition) is 5. The molecule has 0 spiro atoms. The average Bonchev–Trinajstić information content (AvgIpc) is 2.68. The van der Waals surface area contributed by atoms with Gasteiger partial charge in [0.1, 0.15) is 12.3 Å². The Kier molecular flexibility index (Phi) is 7.64. The topological polar surface area (TPSA) is 93.7 Å². The fourth-order valence-electron chi connectivity index (χ4n) is 3.31. The number of carbonyl (C=O) groups is 3. The first-order valence-corrected chi connectivity index (χ1v) is 9.28. The first kappa shape index (κ1) is 20.7. The van der Waals surface area contributed by atoms with Gasteiger partial charge in [-0.1, -0.05) is 38.8 Å². The van der Waals surface area contributed by atoms with E-state index in [9.17, 15) is 14.4 Å². The summed E-state index contributed by atoms with van der Waals surface area (Å²) in [6, 6.07) is 6.82.